The molecule has 0 fully saturated rings. The highest BCUT2D eigenvalue weighted by Crippen LogP contribution is 2.18. The fraction of sp³-hybridized carbons (Fsp3) is 0.111. The first kappa shape index (κ1) is 22.7. The Kier molecular flexibility index (Phi) is 7.58. The Labute approximate surface area is 197 Å². The summed E-state index contributed by atoms with van der Waals surface area (Å²) in [6.45, 7) is 0.658. The molecular formula is C27H25N3O4. The van der Waals surface area contributed by atoms with E-state index in [4.69, 9.17) is 9.15 Å². The number of carbonyl (C=O) groups excluding carboxylic acids is 2. The highest BCUT2D eigenvalue weighted by molar-refractivity contribution is 6.02. The van der Waals surface area contributed by atoms with Gasteiger partial charge in [-0.1, -0.05) is 36.4 Å². The summed E-state index contributed by atoms with van der Waals surface area (Å²) in [7, 11) is 0. The SMILES string of the molecule is O=C(CNc1cccc(NC(=O)c2ccco2)c1)Nc1ccc(OCCc2ccccc2)cc1. The molecule has 3 N–H and O–H groups in total. The minimum Gasteiger partial charge on any atom is -0.493 e. The van der Waals surface area contributed by atoms with E-state index in [1.165, 1.54) is 11.8 Å². The number of rotatable bonds is 10. The molecule has 7 nitrogen and oxygen atoms in total. The molecule has 4 rings (SSSR count). The van der Waals surface area contributed by atoms with Crippen molar-refractivity contribution >= 4 is 28.9 Å². The van der Waals surface area contributed by atoms with Crippen molar-refractivity contribution in [3.05, 3.63) is 109 Å². The van der Waals surface area contributed by atoms with Gasteiger partial charge in [0.15, 0.2) is 5.76 Å². The molecule has 0 radical (unpaired) electrons. The molecule has 1 heterocycles. The number of ether oxygens (including phenoxy) is 1. The fourth-order valence-electron chi connectivity index (χ4n) is 3.26. The summed E-state index contributed by atoms with van der Waals surface area (Å²) >= 11 is 0. The predicted molar refractivity (Wildman–Crippen MR) is 132 cm³/mol. The molecule has 3 aromatic carbocycles. The standard InChI is InChI=1S/C27H25N3O4/c31-26(19-28-22-8-4-9-23(18-22)30-27(32)25-10-5-16-34-25)29-21-11-13-24(14-12-21)33-17-15-20-6-2-1-3-7-20/h1-14,16,18,28H,15,17,19H2,(H,29,31)(H,30,32). The van der Waals surface area contributed by atoms with E-state index < -0.39 is 0 Å². The summed E-state index contributed by atoms with van der Waals surface area (Å²) in [5.74, 6) is 0.445. The third-order valence-corrected chi connectivity index (χ3v) is 4.96. The lowest BCUT2D eigenvalue weighted by atomic mass is 10.2. The average Bonchev–Trinajstić information content (AvgIpc) is 3.40. The molecule has 0 aliphatic heterocycles. The van der Waals surface area contributed by atoms with Gasteiger partial charge >= 0.3 is 0 Å². The monoisotopic (exact) mass is 455 g/mol. The van der Waals surface area contributed by atoms with Gasteiger partial charge in [-0.05, 0) is 60.2 Å². The lowest BCUT2D eigenvalue weighted by Gasteiger charge is -2.11. The van der Waals surface area contributed by atoms with Gasteiger partial charge in [0.05, 0.1) is 19.4 Å². The molecule has 0 aliphatic carbocycles. The number of nitrogens with one attached hydrogen (secondary N) is 3. The highest BCUT2D eigenvalue weighted by Gasteiger charge is 2.09. The average molecular weight is 456 g/mol. The van der Waals surface area contributed by atoms with E-state index in [9.17, 15) is 9.59 Å². The number of furan rings is 1. The van der Waals surface area contributed by atoms with Crippen LogP contribution >= 0.6 is 0 Å². The number of amides is 2. The molecule has 0 aliphatic rings. The Morgan fingerprint density at radius 2 is 1.56 bits per heavy atom. The largest absolute Gasteiger partial charge is 0.493 e. The van der Waals surface area contributed by atoms with Crippen molar-refractivity contribution in [3.63, 3.8) is 0 Å². The Morgan fingerprint density at radius 3 is 2.32 bits per heavy atom. The van der Waals surface area contributed by atoms with Crippen LogP contribution in [0.1, 0.15) is 16.1 Å². The maximum Gasteiger partial charge on any atom is 0.291 e. The van der Waals surface area contributed by atoms with Gasteiger partial charge in [-0.25, -0.2) is 0 Å². The Balaban J connectivity index is 1.21. The van der Waals surface area contributed by atoms with E-state index in [0.29, 0.717) is 23.7 Å². The minimum absolute atomic E-state index is 0.0743. The molecule has 0 saturated carbocycles. The van der Waals surface area contributed by atoms with Gasteiger partial charge < -0.3 is 25.1 Å². The number of hydrogen-bond donors (Lipinski definition) is 3. The van der Waals surface area contributed by atoms with Crippen LogP contribution in [-0.4, -0.2) is 25.0 Å². The van der Waals surface area contributed by atoms with Gasteiger partial charge in [-0.2, -0.15) is 0 Å². The zero-order chi connectivity index (χ0) is 23.6. The van der Waals surface area contributed by atoms with Crippen LogP contribution in [0, 0.1) is 0 Å². The first-order chi connectivity index (χ1) is 16.7. The Morgan fingerprint density at radius 1 is 0.765 bits per heavy atom. The van der Waals surface area contributed by atoms with Crippen molar-refractivity contribution in [2.24, 2.45) is 0 Å². The van der Waals surface area contributed by atoms with Crippen LogP contribution in [0.4, 0.5) is 17.1 Å². The van der Waals surface area contributed by atoms with E-state index >= 15 is 0 Å². The summed E-state index contributed by atoms with van der Waals surface area (Å²) in [5.41, 5.74) is 3.20. The number of benzene rings is 3. The zero-order valence-corrected chi connectivity index (χ0v) is 18.5. The number of anilines is 3. The normalized spacial score (nSPS) is 10.4. The Hall–Kier alpha value is -4.52. The molecule has 0 bridgehead atoms. The van der Waals surface area contributed by atoms with Crippen LogP contribution in [0.25, 0.3) is 0 Å². The van der Waals surface area contributed by atoms with Gasteiger partial charge in [0.1, 0.15) is 5.75 Å². The third-order valence-electron chi connectivity index (χ3n) is 4.96. The van der Waals surface area contributed by atoms with Gasteiger partial charge in [-0.15, -0.1) is 0 Å². The molecule has 7 heteroatoms. The van der Waals surface area contributed by atoms with Crippen molar-refractivity contribution in [1.29, 1.82) is 0 Å². The highest BCUT2D eigenvalue weighted by atomic mass is 16.5. The summed E-state index contributed by atoms with van der Waals surface area (Å²) in [4.78, 5) is 24.4. The first-order valence-electron chi connectivity index (χ1n) is 10.9. The zero-order valence-electron chi connectivity index (χ0n) is 18.5. The lowest BCUT2D eigenvalue weighted by Crippen LogP contribution is -2.21. The fourth-order valence-corrected chi connectivity index (χ4v) is 3.26. The molecule has 2 amide bonds. The van der Waals surface area contributed by atoms with Crippen LogP contribution in [0.15, 0.2) is 102 Å². The molecule has 4 aromatic rings. The second kappa shape index (κ2) is 11.4. The molecule has 0 atom stereocenters. The molecular weight excluding hydrogens is 430 g/mol. The molecule has 1 aromatic heterocycles. The van der Waals surface area contributed by atoms with Gasteiger partial charge in [0.25, 0.3) is 5.91 Å². The maximum atomic E-state index is 12.3. The quantitative estimate of drug-likeness (QED) is 0.306. The topological polar surface area (TPSA) is 92.6 Å². The van der Waals surface area contributed by atoms with E-state index in [2.05, 4.69) is 28.1 Å². The number of hydrogen-bond acceptors (Lipinski definition) is 5. The molecule has 0 spiro atoms. The van der Waals surface area contributed by atoms with Gasteiger partial charge in [-0.3, -0.25) is 9.59 Å². The lowest BCUT2D eigenvalue weighted by molar-refractivity contribution is -0.114. The summed E-state index contributed by atoms with van der Waals surface area (Å²) in [5, 5.41) is 8.66. The minimum atomic E-state index is -0.340. The van der Waals surface area contributed by atoms with Crippen LogP contribution in [0.5, 0.6) is 5.75 Å². The number of carbonyl (C=O) groups is 2. The van der Waals surface area contributed by atoms with E-state index in [1.807, 2.05) is 36.4 Å². The van der Waals surface area contributed by atoms with Crippen LogP contribution in [0.2, 0.25) is 0 Å². The summed E-state index contributed by atoms with van der Waals surface area (Å²) in [6.07, 6.45) is 2.27. The first-order valence-corrected chi connectivity index (χ1v) is 10.9. The van der Waals surface area contributed by atoms with E-state index in [1.54, 1.807) is 42.5 Å². The Bertz CT molecular complexity index is 1210. The van der Waals surface area contributed by atoms with E-state index in [0.717, 1.165) is 12.2 Å². The van der Waals surface area contributed by atoms with Crippen molar-refractivity contribution in [2.45, 2.75) is 6.42 Å². The second-order valence-corrected chi connectivity index (χ2v) is 7.52. The van der Waals surface area contributed by atoms with Crippen molar-refractivity contribution < 1.29 is 18.7 Å². The van der Waals surface area contributed by atoms with Crippen molar-refractivity contribution in [3.8, 4) is 5.75 Å². The van der Waals surface area contributed by atoms with E-state index in [-0.39, 0.29) is 24.1 Å². The summed E-state index contributed by atoms with van der Waals surface area (Å²) < 4.78 is 10.9. The molecule has 0 unspecified atom stereocenters. The van der Waals surface area contributed by atoms with Crippen LogP contribution in [-0.2, 0) is 11.2 Å². The van der Waals surface area contributed by atoms with Gasteiger partial charge in [0, 0.05) is 23.5 Å². The van der Waals surface area contributed by atoms with Crippen molar-refractivity contribution in [1.82, 2.24) is 0 Å². The smallest absolute Gasteiger partial charge is 0.291 e. The molecule has 172 valence electrons. The molecule has 34 heavy (non-hydrogen) atoms. The summed E-state index contributed by atoms with van der Waals surface area (Å²) in [6, 6.07) is 27.8. The second-order valence-electron chi connectivity index (χ2n) is 7.52. The third kappa shape index (κ3) is 6.74. The maximum absolute atomic E-state index is 12.3. The predicted octanol–water partition coefficient (Wildman–Crippen LogP) is 5.20. The van der Waals surface area contributed by atoms with Crippen molar-refractivity contribution in [2.75, 3.05) is 29.1 Å². The molecule has 0 saturated heterocycles. The van der Waals surface area contributed by atoms with Crippen LogP contribution in [0.3, 0.4) is 0 Å². The van der Waals surface area contributed by atoms with Crippen LogP contribution < -0.4 is 20.7 Å². The van der Waals surface area contributed by atoms with Gasteiger partial charge in [0.2, 0.25) is 5.91 Å².